The number of aromatic carboxylic acids is 1. The number of carboxylic acids is 1. The number of rotatable bonds is 2. The van der Waals surface area contributed by atoms with E-state index in [1.165, 1.54) is 0 Å². The van der Waals surface area contributed by atoms with Crippen molar-refractivity contribution in [3.05, 3.63) is 51.8 Å². The Morgan fingerprint density at radius 1 is 1.22 bits per heavy atom. The Labute approximate surface area is 111 Å². The van der Waals surface area contributed by atoms with Crippen LogP contribution in [0.3, 0.4) is 0 Å². The summed E-state index contributed by atoms with van der Waals surface area (Å²) in [5.41, 5.74) is 4.05. The highest BCUT2D eigenvalue weighted by molar-refractivity contribution is 6.31. The predicted molar refractivity (Wildman–Crippen MR) is 71.9 cm³/mol. The number of hydrogen-bond donors (Lipinski definition) is 1. The number of nitrogens with zero attached hydrogens (tertiary/aromatic N) is 1. The zero-order chi connectivity index (χ0) is 13.4. The van der Waals surface area contributed by atoms with E-state index in [9.17, 15) is 4.79 Å². The molecule has 2 rings (SSSR count). The Hall–Kier alpha value is -1.74. The van der Waals surface area contributed by atoms with Gasteiger partial charge in [-0.3, -0.25) is 0 Å². The fourth-order valence-electron chi connectivity index (χ4n) is 2.08. The number of carbonyl (C=O) groups is 1. The molecule has 0 aliphatic carbocycles. The third-order valence-electron chi connectivity index (χ3n) is 3.07. The van der Waals surface area contributed by atoms with E-state index >= 15 is 0 Å². The molecule has 0 bridgehead atoms. The van der Waals surface area contributed by atoms with Gasteiger partial charge in [0.1, 0.15) is 0 Å². The fraction of sp³-hybridized carbons (Fsp3) is 0.214. The SMILES string of the molecule is Cc1ccc(C(=O)O)cc1-n1c(C)cc(Cl)c1C. The molecule has 4 heteroatoms. The Bertz CT molecular complexity index is 629. The minimum Gasteiger partial charge on any atom is -0.478 e. The van der Waals surface area contributed by atoms with Gasteiger partial charge in [0.05, 0.1) is 10.6 Å². The quantitative estimate of drug-likeness (QED) is 0.897. The van der Waals surface area contributed by atoms with Gasteiger partial charge in [0.15, 0.2) is 0 Å². The van der Waals surface area contributed by atoms with Crippen molar-refractivity contribution in [3.8, 4) is 5.69 Å². The van der Waals surface area contributed by atoms with E-state index in [0.717, 1.165) is 22.6 Å². The van der Waals surface area contributed by atoms with Crippen molar-refractivity contribution in [3.63, 3.8) is 0 Å². The molecule has 0 amide bonds. The summed E-state index contributed by atoms with van der Waals surface area (Å²) in [7, 11) is 0. The molecule has 0 aliphatic rings. The highest BCUT2D eigenvalue weighted by atomic mass is 35.5. The lowest BCUT2D eigenvalue weighted by Crippen LogP contribution is -2.04. The number of aromatic nitrogens is 1. The van der Waals surface area contributed by atoms with E-state index in [1.807, 2.05) is 37.5 Å². The van der Waals surface area contributed by atoms with Gasteiger partial charge in [-0.1, -0.05) is 17.7 Å². The van der Waals surface area contributed by atoms with Gasteiger partial charge >= 0.3 is 5.97 Å². The molecule has 0 radical (unpaired) electrons. The Morgan fingerprint density at radius 3 is 2.39 bits per heavy atom. The topological polar surface area (TPSA) is 42.2 Å². The number of hydrogen-bond acceptors (Lipinski definition) is 1. The lowest BCUT2D eigenvalue weighted by Gasteiger charge is -2.13. The Kier molecular flexibility index (Phi) is 3.18. The molecule has 0 aliphatic heterocycles. The molecule has 0 saturated heterocycles. The Morgan fingerprint density at radius 2 is 1.89 bits per heavy atom. The van der Waals surface area contributed by atoms with Crippen molar-refractivity contribution in [1.82, 2.24) is 4.57 Å². The second-order valence-electron chi connectivity index (χ2n) is 4.36. The van der Waals surface area contributed by atoms with Crippen LogP contribution in [0.4, 0.5) is 0 Å². The molecule has 94 valence electrons. The van der Waals surface area contributed by atoms with Crippen LogP contribution >= 0.6 is 11.6 Å². The summed E-state index contributed by atoms with van der Waals surface area (Å²) in [6.07, 6.45) is 0. The van der Waals surface area contributed by atoms with Crippen molar-refractivity contribution in [2.45, 2.75) is 20.8 Å². The molecule has 1 aromatic carbocycles. The van der Waals surface area contributed by atoms with E-state index in [0.29, 0.717) is 5.02 Å². The van der Waals surface area contributed by atoms with Crippen LogP contribution in [0.2, 0.25) is 5.02 Å². The van der Waals surface area contributed by atoms with Gasteiger partial charge in [-0.2, -0.15) is 0 Å². The van der Waals surface area contributed by atoms with E-state index in [2.05, 4.69) is 0 Å². The highest BCUT2D eigenvalue weighted by Gasteiger charge is 2.13. The molecular formula is C14H14ClNO2. The Balaban J connectivity index is 2.70. The maximum atomic E-state index is 11.0. The van der Waals surface area contributed by atoms with Gasteiger partial charge < -0.3 is 9.67 Å². The van der Waals surface area contributed by atoms with Gasteiger partial charge in [0.2, 0.25) is 0 Å². The largest absolute Gasteiger partial charge is 0.478 e. The number of aryl methyl sites for hydroxylation is 2. The van der Waals surface area contributed by atoms with Crippen LogP contribution in [0, 0.1) is 20.8 Å². The van der Waals surface area contributed by atoms with Crippen LogP contribution in [0.1, 0.15) is 27.3 Å². The van der Waals surface area contributed by atoms with Gasteiger partial charge in [-0.15, -0.1) is 0 Å². The summed E-state index contributed by atoms with van der Waals surface area (Å²) >= 11 is 6.10. The van der Waals surface area contributed by atoms with Crippen molar-refractivity contribution >= 4 is 17.6 Å². The molecule has 3 nitrogen and oxygen atoms in total. The van der Waals surface area contributed by atoms with E-state index in [4.69, 9.17) is 16.7 Å². The summed E-state index contributed by atoms with van der Waals surface area (Å²) in [5, 5.41) is 9.74. The summed E-state index contributed by atoms with van der Waals surface area (Å²) in [6, 6.07) is 6.97. The lowest BCUT2D eigenvalue weighted by molar-refractivity contribution is 0.0697. The molecule has 0 unspecified atom stereocenters. The zero-order valence-corrected chi connectivity index (χ0v) is 11.2. The number of carboxylic acid groups (broad SMARTS) is 1. The summed E-state index contributed by atoms with van der Waals surface area (Å²) < 4.78 is 1.98. The van der Waals surface area contributed by atoms with Crippen molar-refractivity contribution in [2.75, 3.05) is 0 Å². The molecule has 1 N–H and O–H groups in total. The smallest absolute Gasteiger partial charge is 0.335 e. The molecular weight excluding hydrogens is 250 g/mol. The monoisotopic (exact) mass is 263 g/mol. The van der Waals surface area contributed by atoms with Crippen LogP contribution in [0.15, 0.2) is 24.3 Å². The standard InChI is InChI=1S/C14H14ClNO2/c1-8-4-5-11(14(17)18)7-13(8)16-9(2)6-12(15)10(16)3/h4-7H,1-3H3,(H,17,18). The van der Waals surface area contributed by atoms with Crippen molar-refractivity contribution in [1.29, 1.82) is 0 Å². The summed E-state index contributed by atoms with van der Waals surface area (Å²) in [4.78, 5) is 11.0. The number of benzene rings is 1. The third kappa shape index (κ3) is 2.02. The van der Waals surface area contributed by atoms with Gasteiger partial charge in [-0.25, -0.2) is 4.79 Å². The molecule has 0 saturated carbocycles. The maximum absolute atomic E-state index is 11.0. The minimum atomic E-state index is -0.926. The van der Waals surface area contributed by atoms with E-state index < -0.39 is 5.97 Å². The summed E-state index contributed by atoms with van der Waals surface area (Å²) in [6.45, 7) is 5.82. The summed E-state index contributed by atoms with van der Waals surface area (Å²) in [5.74, 6) is -0.926. The second kappa shape index (κ2) is 4.50. The van der Waals surface area contributed by atoms with Crippen LogP contribution in [0.25, 0.3) is 5.69 Å². The first-order valence-corrected chi connectivity index (χ1v) is 5.98. The second-order valence-corrected chi connectivity index (χ2v) is 4.77. The maximum Gasteiger partial charge on any atom is 0.335 e. The van der Waals surface area contributed by atoms with Gasteiger partial charge in [0, 0.05) is 17.1 Å². The molecule has 0 fully saturated rings. The molecule has 0 atom stereocenters. The van der Waals surface area contributed by atoms with Crippen LogP contribution < -0.4 is 0 Å². The van der Waals surface area contributed by atoms with E-state index in [1.54, 1.807) is 12.1 Å². The molecule has 1 heterocycles. The zero-order valence-electron chi connectivity index (χ0n) is 10.5. The van der Waals surface area contributed by atoms with Crippen LogP contribution in [-0.2, 0) is 0 Å². The van der Waals surface area contributed by atoms with Crippen LogP contribution in [0.5, 0.6) is 0 Å². The highest BCUT2D eigenvalue weighted by Crippen LogP contribution is 2.26. The normalized spacial score (nSPS) is 10.7. The molecule has 0 spiro atoms. The average molecular weight is 264 g/mol. The van der Waals surface area contributed by atoms with Crippen molar-refractivity contribution in [2.24, 2.45) is 0 Å². The first-order valence-electron chi connectivity index (χ1n) is 5.60. The number of halogens is 1. The minimum absolute atomic E-state index is 0.277. The van der Waals surface area contributed by atoms with Crippen molar-refractivity contribution < 1.29 is 9.90 Å². The van der Waals surface area contributed by atoms with Gasteiger partial charge in [0.25, 0.3) is 0 Å². The lowest BCUT2D eigenvalue weighted by atomic mass is 10.1. The first-order chi connectivity index (χ1) is 8.41. The van der Waals surface area contributed by atoms with Crippen LogP contribution in [-0.4, -0.2) is 15.6 Å². The third-order valence-corrected chi connectivity index (χ3v) is 3.45. The van der Waals surface area contributed by atoms with Gasteiger partial charge in [-0.05, 0) is 44.5 Å². The van der Waals surface area contributed by atoms with E-state index in [-0.39, 0.29) is 5.56 Å². The predicted octanol–water partition coefficient (Wildman–Crippen LogP) is 3.75. The first kappa shape index (κ1) is 12.7. The average Bonchev–Trinajstić information content (AvgIpc) is 2.54. The molecule has 2 aromatic rings. The molecule has 1 aromatic heterocycles. The molecule has 18 heavy (non-hydrogen) atoms. The fourth-order valence-corrected chi connectivity index (χ4v) is 2.32.